The van der Waals surface area contributed by atoms with E-state index in [4.69, 9.17) is 10.00 Å². The third kappa shape index (κ3) is 4.14. The van der Waals surface area contributed by atoms with E-state index in [2.05, 4.69) is 10.6 Å². The predicted molar refractivity (Wildman–Crippen MR) is 92.5 cm³/mol. The third-order valence-electron chi connectivity index (χ3n) is 4.03. The normalized spacial score (nSPS) is 16.2. The van der Waals surface area contributed by atoms with Crippen molar-refractivity contribution in [2.75, 3.05) is 17.2 Å². The first kappa shape index (κ1) is 16.9. The van der Waals surface area contributed by atoms with E-state index in [9.17, 15) is 9.18 Å². The molecule has 1 fully saturated rings. The van der Waals surface area contributed by atoms with Crippen molar-refractivity contribution in [3.63, 3.8) is 0 Å². The van der Waals surface area contributed by atoms with Crippen molar-refractivity contribution in [2.24, 2.45) is 0 Å². The summed E-state index contributed by atoms with van der Waals surface area (Å²) >= 11 is 0. The molecule has 2 N–H and O–H groups in total. The first-order chi connectivity index (χ1) is 12.2. The maximum atomic E-state index is 13.6. The van der Waals surface area contributed by atoms with Gasteiger partial charge in [0.25, 0.3) is 5.91 Å². The molecule has 1 aliphatic rings. The molecule has 1 aliphatic heterocycles. The number of halogens is 1. The summed E-state index contributed by atoms with van der Waals surface area (Å²) in [5.74, 6) is -0.690. The molecule has 1 heterocycles. The van der Waals surface area contributed by atoms with Crippen LogP contribution in [-0.4, -0.2) is 18.6 Å². The molecule has 0 spiro atoms. The van der Waals surface area contributed by atoms with E-state index in [1.165, 1.54) is 6.07 Å². The van der Waals surface area contributed by atoms with Gasteiger partial charge in [-0.05, 0) is 42.7 Å². The van der Waals surface area contributed by atoms with Gasteiger partial charge in [-0.25, -0.2) is 4.39 Å². The Morgan fingerprint density at radius 1 is 1.32 bits per heavy atom. The first-order valence-electron chi connectivity index (χ1n) is 8.11. The lowest BCUT2D eigenvalue weighted by molar-refractivity contribution is -0.124. The van der Waals surface area contributed by atoms with E-state index in [-0.39, 0.29) is 17.6 Å². The van der Waals surface area contributed by atoms with Gasteiger partial charge in [0.1, 0.15) is 23.6 Å². The van der Waals surface area contributed by atoms with Crippen molar-refractivity contribution >= 4 is 17.3 Å². The van der Waals surface area contributed by atoms with Crippen LogP contribution in [0.25, 0.3) is 0 Å². The molecular formula is C19H18FN3O2. The average molecular weight is 339 g/mol. The lowest BCUT2D eigenvalue weighted by Crippen LogP contribution is -2.26. The topological polar surface area (TPSA) is 74.2 Å². The van der Waals surface area contributed by atoms with Crippen LogP contribution >= 0.6 is 0 Å². The fourth-order valence-corrected chi connectivity index (χ4v) is 2.75. The quantitative estimate of drug-likeness (QED) is 0.875. The second-order valence-electron chi connectivity index (χ2n) is 5.82. The Labute approximate surface area is 145 Å². The standard InChI is InChI=1S/C19H18FN3O2/c20-16-6-2-7-17(15(16)11-21)22-12-13-4-1-5-14(10-13)23-19(24)18-8-3-9-25-18/h1-2,4-7,10,18,22H,3,8-9,12H2,(H,23,24)/t18-/m1/s1. The molecule has 0 aliphatic carbocycles. The molecule has 0 saturated carbocycles. The second kappa shape index (κ2) is 7.77. The Kier molecular flexibility index (Phi) is 5.26. The maximum Gasteiger partial charge on any atom is 0.253 e. The van der Waals surface area contributed by atoms with Gasteiger partial charge in [0.2, 0.25) is 0 Å². The van der Waals surface area contributed by atoms with Gasteiger partial charge in [-0.15, -0.1) is 0 Å². The van der Waals surface area contributed by atoms with Crippen LogP contribution in [0.1, 0.15) is 24.0 Å². The summed E-state index contributed by atoms with van der Waals surface area (Å²) in [6, 6.07) is 13.7. The summed E-state index contributed by atoms with van der Waals surface area (Å²) in [6.45, 7) is 1.03. The van der Waals surface area contributed by atoms with Crippen molar-refractivity contribution in [3.05, 3.63) is 59.4 Å². The van der Waals surface area contributed by atoms with Gasteiger partial charge in [-0.3, -0.25) is 4.79 Å². The molecule has 1 atom stereocenters. The Bertz CT molecular complexity index is 811. The lowest BCUT2D eigenvalue weighted by Gasteiger charge is -2.12. The highest BCUT2D eigenvalue weighted by Gasteiger charge is 2.23. The molecule has 0 bridgehead atoms. The Balaban J connectivity index is 1.65. The van der Waals surface area contributed by atoms with Gasteiger partial charge in [0, 0.05) is 18.8 Å². The third-order valence-corrected chi connectivity index (χ3v) is 4.03. The van der Waals surface area contributed by atoms with Crippen molar-refractivity contribution < 1.29 is 13.9 Å². The van der Waals surface area contributed by atoms with E-state index in [1.807, 2.05) is 24.3 Å². The van der Waals surface area contributed by atoms with Crippen LogP contribution in [0.5, 0.6) is 0 Å². The fourth-order valence-electron chi connectivity index (χ4n) is 2.75. The highest BCUT2D eigenvalue weighted by Crippen LogP contribution is 2.20. The summed E-state index contributed by atoms with van der Waals surface area (Å²) in [7, 11) is 0. The molecule has 2 aromatic rings. The van der Waals surface area contributed by atoms with Crippen LogP contribution in [0.2, 0.25) is 0 Å². The predicted octanol–water partition coefficient (Wildman–Crippen LogP) is 3.43. The lowest BCUT2D eigenvalue weighted by atomic mass is 10.1. The molecule has 2 aromatic carbocycles. The van der Waals surface area contributed by atoms with E-state index in [0.717, 1.165) is 18.4 Å². The summed E-state index contributed by atoms with van der Waals surface area (Å²) < 4.78 is 19.0. The summed E-state index contributed by atoms with van der Waals surface area (Å²) in [4.78, 5) is 12.1. The van der Waals surface area contributed by atoms with Crippen LogP contribution < -0.4 is 10.6 Å². The number of nitrogens with zero attached hydrogens (tertiary/aromatic N) is 1. The van der Waals surface area contributed by atoms with Crippen LogP contribution in [0.3, 0.4) is 0 Å². The maximum absolute atomic E-state index is 13.6. The van der Waals surface area contributed by atoms with Crippen LogP contribution in [-0.2, 0) is 16.1 Å². The zero-order valence-electron chi connectivity index (χ0n) is 13.6. The van der Waals surface area contributed by atoms with E-state index in [0.29, 0.717) is 24.5 Å². The zero-order chi connectivity index (χ0) is 17.6. The molecule has 0 aromatic heterocycles. The van der Waals surface area contributed by atoms with Gasteiger partial charge in [0.15, 0.2) is 0 Å². The van der Waals surface area contributed by atoms with E-state index < -0.39 is 5.82 Å². The number of ether oxygens (including phenoxy) is 1. The van der Waals surface area contributed by atoms with Crippen LogP contribution in [0, 0.1) is 17.1 Å². The van der Waals surface area contributed by atoms with Gasteiger partial charge in [0.05, 0.1) is 5.69 Å². The van der Waals surface area contributed by atoms with Crippen molar-refractivity contribution in [1.82, 2.24) is 0 Å². The summed E-state index contributed by atoms with van der Waals surface area (Å²) in [5, 5.41) is 15.0. The molecule has 6 heteroatoms. The number of anilines is 2. The second-order valence-corrected chi connectivity index (χ2v) is 5.82. The number of carbonyl (C=O) groups is 1. The number of benzene rings is 2. The van der Waals surface area contributed by atoms with E-state index >= 15 is 0 Å². The molecule has 1 saturated heterocycles. The van der Waals surface area contributed by atoms with Crippen LogP contribution in [0.4, 0.5) is 15.8 Å². The molecule has 3 rings (SSSR count). The van der Waals surface area contributed by atoms with Crippen molar-refractivity contribution in [3.8, 4) is 6.07 Å². The number of hydrogen-bond acceptors (Lipinski definition) is 4. The molecule has 25 heavy (non-hydrogen) atoms. The summed E-state index contributed by atoms with van der Waals surface area (Å²) in [5.41, 5.74) is 2.01. The molecule has 5 nitrogen and oxygen atoms in total. The highest BCUT2D eigenvalue weighted by atomic mass is 19.1. The largest absolute Gasteiger partial charge is 0.380 e. The average Bonchev–Trinajstić information content (AvgIpc) is 3.15. The SMILES string of the molecule is N#Cc1c(F)cccc1NCc1cccc(NC(=O)[C@H]2CCCO2)c1. The van der Waals surface area contributed by atoms with Gasteiger partial charge in [-0.1, -0.05) is 18.2 Å². The number of amides is 1. The van der Waals surface area contributed by atoms with Crippen LogP contribution in [0.15, 0.2) is 42.5 Å². The summed E-state index contributed by atoms with van der Waals surface area (Å²) in [6.07, 6.45) is 1.26. The number of carbonyl (C=O) groups excluding carboxylic acids is 1. The van der Waals surface area contributed by atoms with Crippen molar-refractivity contribution in [2.45, 2.75) is 25.5 Å². The van der Waals surface area contributed by atoms with E-state index in [1.54, 1.807) is 18.2 Å². The number of nitrogens with one attached hydrogen (secondary N) is 2. The van der Waals surface area contributed by atoms with Gasteiger partial charge in [-0.2, -0.15) is 5.26 Å². The smallest absolute Gasteiger partial charge is 0.253 e. The number of hydrogen-bond donors (Lipinski definition) is 2. The van der Waals surface area contributed by atoms with Gasteiger partial charge >= 0.3 is 0 Å². The first-order valence-corrected chi connectivity index (χ1v) is 8.11. The Morgan fingerprint density at radius 3 is 2.92 bits per heavy atom. The Morgan fingerprint density at radius 2 is 2.16 bits per heavy atom. The molecule has 0 radical (unpaired) electrons. The molecular weight excluding hydrogens is 321 g/mol. The monoisotopic (exact) mass is 339 g/mol. The minimum absolute atomic E-state index is 0.00894. The minimum atomic E-state index is -0.551. The fraction of sp³-hybridized carbons (Fsp3) is 0.263. The highest BCUT2D eigenvalue weighted by molar-refractivity contribution is 5.94. The molecule has 1 amide bonds. The number of nitriles is 1. The molecule has 128 valence electrons. The van der Waals surface area contributed by atoms with Crippen molar-refractivity contribution in [1.29, 1.82) is 5.26 Å². The zero-order valence-corrected chi connectivity index (χ0v) is 13.6. The number of rotatable bonds is 5. The Hall–Kier alpha value is -2.91. The van der Waals surface area contributed by atoms with Gasteiger partial charge < -0.3 is 15.4 Å². The molecule has 0 unspecified atom stereocenters. The minimum Gasteiger partial charge on any atom is -0.380 e.